The number of thiocarbonyl (C=S) groups is 1. The molecule has 8 heteroatoms. The number of halogens is 1. The van der Waals surface area contributed by atoms with Crippen LogP contribution < -0.4 is 20.9 Å². The monoisotopic (exact) mass is 443 g/mol. The van der Waals surface area contributed by atoms with Gasteiger partial charge in [0.25, 0.3) is 5.91 Å². The first-order valence-electron chi connectivity index (χ1n) is 8.70. The van der Waals surface area contributed by atoms with Crippen LogP contribution in [0.5, 0.6) is 5.75 Å². The standard InChI is InChI=1S/C18H26BrN3O3S/c1-3-4-5-6-7-8-16(23)20-18(26)22-21-17(24)12-25-15-10-9-13(2)11-14(15)19/h9-11H,3-8,12H2,1-2H3,(H,21,24)(H2,20,22,23,26). The van der Waals surface area contributed by atoms with Crippen LogP contribution in [0.1, 0.15) is 51.0 Å². The fourth-order valence-corrected chi connectivity index (χ4v) is 2.91. The minimum atomic E-state index is -0.409. The second-order valence-electron chi connectivity index (χ2n) is 5.94. The fraction of sp³-hybridized carbons (Fsp3) is 0.500. The molecule has 144 valence electrons. The number of rotatable bonds is 9. The first-order valence-corrected chi connectivity index (χ1v) is 9.90. The Morgan fingerprint density at radius 3 is 2.54 bits per heavy atom. The number of benzene rings is 1. The van der Waals surface area contributed by atoms with Gasteiger partial charge >= 0.3 is 0 Å². The van der Waals surface area contributed by atoms with Crippen LogP contribution >= 0.6 is 28.1 Å². The van der Waals surface area contributed by atoms with Gasteiger partial charge in [-0.2, -0.15) is 0 Å². The van der Waals surface area contributed by atoms with E-state index in [2.05, 4.69) is 39.0 Å². The van der Waals surface area contributed by atoms with E-state index >= 15 is 0 Å². The summed E-state index contributed by atoms with van der Waals surface area (Å²) in [6, 6.07) is 5.58. The Morgan fingerprint density at radius 2 is 1.85 bits per heavy atom. The minimum absolute atomic E-state index is 0.0634. The highest BCUT2D eigenvalue weighted by Crippen LogP contribution is 2.25. The molecule has 0 unspecified atom stereocenters. The first kappa shape index (κ1) is 22.4. The lowest BCUT2D eigenvalue weighted by atomic mass is 10.1. The number of hydrogen-bond acceptors (Lipinski definition) is 4. The Morgan fingerprint density at radius 1 is 1.12 bits per heavy atom. The highest BCUT2D eigenvalue weighted by molar-refractivity contribution is 9.10. The van der Waals surface area contributed by atoms with Crippen LogP contribution in [-0.4, -0.2) is 23.5 Å². The zero-order chi connectivity index (χ0) is 19.4. The first-order chi connectivity index (χ1) is 12.4. The molecule has 0 heterocycles. The number of carbonyl (C=O) groups is 2. The third kappa shape index (κ3) is 9.72. The van der Waals surface area contributed by atoms with E-state index in [0.717, 1.165) is 29.3 Å². The van der Waals surface area contributed by atoms with Crippen molar-refractivity contribution in [2.75, 3.05) is 6.61 Å². The van der Waals surface area contributed by atoms with Crippen LogP contribution in [0.4, 0.5) is 0 Å². The Kier molecular flexibility index (Phi) is 10.9. The Bertz CT molecular complexity index is 626. The predicted molar refractivity (Wildman–Crippen MR) is 110 cm³/mol. The Balaban J connectivity index is 2.19. The summed E-state index contributed by atoms with van der Waals surface area (Å²) in [5, 5.41) is 2.60. The number of hydrogen-bond donors (Lipinski definition) is 3. The topological polar surface area (TPSA) is 79.5 Å². The van der Waals surface area contributed by atoms with Crippen LogP contribution in [-0.2, 0) is 9.59 Å². The number of ether oxygens (including phenoxy) is 1. The van der Waals surface area contributed by atoms with Gasteiger partial charge in [-0.15, -0.1) is 0 Å². The lowest BCUT2D eigenvalue weighted by Crippen LogP contribution is -2.49. The second kappa shape index (κ2) is 12.6. The number of hydrazine groups is 1. The van der Waals surface area contributed by atoms with Gasteiger partial charge in [0.1, 0.15) is 5.75 Å². The highest BCUT2D eigenvalue weighted by atomic mass is 79.9. The minimum Gasteiger partial charge on any atom is -0.483 e. The van der Waals surface area contributed by atoms with Gasteiger partial charge in [-0.05, 0) is 59.2 Å². The molecule has 0 saturated heterocycles. The van der Waals surface area contributed by atoms with E-state index in [-0.39, 0.29) is 17.6 Å². The predicted octanol–water partition coefficient (Wildman–Crippen LogP) is 3.52. The smallest absolute Gasteiger partial charge is 0.276 e. The van der Waals surface area contributed by atoms with Crippen molar-refractivity contribution in [2.24, 2.45) is 0 Å². The maximum Gasteiger partial charge on any atom is 0.276 e. The van der Waals surface area contributed by atoms with Crippen LogP contribution in [0.15, 0.2) is 22.7 Å². The van der Waals surface area contributed by atoms with Crippen LogP contribution in [0.3, 0.4) is 0 Å². The van der Waals surface area contributed by atoms with Gasteiger partial charge < -0.3 is 10.1 Å². The van der Waals surface area contributed by atoms with Crippen LogP contribution in [0.2, 0.25) is 0 Å². The average Bonchev–Trinajstić information content (AvgIpc) is 2.59. The van der Waals surface area contributed by atoms with Gasteiger partial charge in [0.2, 0.25) is 5.91 Å². The SMILES string of the molecule is CCCCCCCC(=O)NC(=S)NNC(=O)COc1ccc(C)cc1Br. The number of unbranched alkanes of at least 4 members (excludes halogenated alkanes) is 4. The van der Waals surface area contributed by atoms with Crippen molar-refractivity contribution in [3.63, 3.8) is 0 Å². The van der Waals surface area contributed by atoms with Crippen molar-refractivity contribution in [1.29, 1.82) is 0 Å². The molecule has 6 nitrogen and oxygen atoms in total. The van der Waals surface area contributed by atoms with Gasteiger partial charge in [-0.25, -0.2) is 0 Å². The number of nitrogens with one attached hydrogen (secondary N) is 3. The van der Waals surface area contributed by atoms with Gasteiger partial charge in [0, 0.05) is 6.42 Å². The van der Waals surface area contributed by atoms with Crippen molar-refractivity contribution in [2.45, 2.75) is 52.4 Å². The van der Waals surface area contributed by atoms with Crippen molar-refractivity contribution in [1.82, 2.24) is 16.2 Å². The van der Waals surface area contributed by atoms with E-state index in [1.54, 1.807) is 6.07 Å². The molecule has 3 N–H and O–H groups in total. The van der Waals surface area contributed by atoms with E-state index < -0.39 is 5.91 Å². The molecule has 0 atom stereocenters. The zero-order valence-electron chi connectivity index (χ0n) is 15.2. The summed E-state index contributed by atoms with van der Waals surface area (Å²) in [7, 11) is 0. The Hall–Kier alpha value is -1.67. The lowest BCUT2D eigenvalue weighted by Gasteiger charge is -2.12. The molecule has 0 aliphatic carbocycles. The van der Waals surface area contributed by atoms with Gasteiger partial charge in [0.05, 0.1) is 4.47 Å². The summed E-state index contributed by atoms with van der Waals surface area (Å²) in [5.74, 6) is 0.00595. The molecule has 1 aromatic carbocycles. The van der Waals surface area contributed by atoms with Crippen molar-refractivity contribution in [3.05, 3.63) is 28.2 Å². The third-order valence-corrected chi connectivity index (χ3v) is 4.35. The second-order valence-corrected chi connectivity index (χ2v) is 7.20. The molecule has 0 radical (unpaired) electrons. The van der Waals surface area contributed by atoms with Crippen molar-refractivity contribution >= 4 is 45.1 Å². The normalized spacial score (nSPS) is 10.1. The van der Waals surface area contributed by atoms with Gasteiger partial charge in [-0.3, -0.25) is 20.4 Å². The van der Waals surface area contributed by atoms with Gasteiger partial charge in [0.15, 0.2) is 11.7 Å². The fourth-order valence-electron chi connectivity index (χ4n) is 2.14. The maximum absolute atomic E-state index is 11.8. The molecule has 1 aromatic rings. The number of carbonyl (C=O) groups excluding carboxylic acids is 2. The zero-order valence-corrected chi connectivity index (χ0v) is 17.6. The highest BCUT2D eigenvalue weighted by Gasteiger charge is 2.08. The molecule has 0 spiro atoms. The maximum atomic E-state index is 11.8. The molecule has 0 aliphatic heterocycles. The molecule has 0 saturated carbocycles. The third-order valence-electron chi connectivity index (χ3n) is 3.52. The summed E-state index contributed by atoms with van der Waals surface area (Å²) < 4.78 is 6.20. The molecule has 0 aliphatic rings. The number of aryl methyl sites for hydroxylation is 1. The molecule has 0 bridgehead atoms. The molecule has 2 amide bonds. The largest absolute Gasteiger partial charge is 0.483 e. The van der Waals surface area contributed by atoms with Crippen LogP contribution in [0, 0.1) is 6.92 Å². The van der Waals surface area contributed by atoms with E-state index in [9.17, 15) is 9.59 Å². The molecular weight excluding hydrogens is 418 g/mol. The van der Waals surface area contributed by atoms with Crippen LogP contribution in [0.25, 0.3) is 0 Å². The summed E-state index contributed by atoms with van der Waals surface area (Å²) in [6.07, 6.45) is 5.78. The van der Waals surface area contributed by atoms with E-state index in [4.69, 9.17) is 17.0 Å². The number of amides is 2. The van der Waals surface area contributed by atoms with Crippen molar-refractivity contribution < 1.29 is 14.3 Å². The van der Waals surface area contributed by atoms with Crippen molar-refractivity contribution in [3.8, 4) is 5.75 Å². The van der Waals surface area contributed by atoms with E-state index in [0.29, 0.717) is 12.2 Å². The summed E-state index contributed by atoms with van der Waals surface area (Å²) in [4.78, 5) is 23.5. The quantitative estimate of drug-likeness (QED) is 0.309. The molecular formula is C18H26BrN3O3S. The summed E-state index contributed by atoms with van der Waals surface area (Å²) in [6.45, 7) is 3.93. The lowest BCUT2D eigenvalue weighted by molar-refractivity contribution is -0.124. The van der Waals surface area contributed by atoms with E-state index in [1.807, 2.05) is 19.1 Å². The Labute approximate surface area is 168 Å². The summed E-state index contributed by atoms with van der Waals surface area (Å²) >= 11 is 8.36. The average molecular weight is 444 g/mol. The molecule has 0 aromatic heterocycles. The molecule has 0 fully saturated rings. The van der Waals surface area contributed by atoms with Gasteiger partial charge in [-0.1, -0.05) is 38.7 Å². The molecule has 1 rings (SSSR count). The molecule has 26 heavy (non-hydrogen) atoms. The summed E-state index contributed by atoms with van der Waals surface area (Å²) in [5.41, 5.74) is 5.96. The van der Waals surface area contributed by atoms with E-state index in [1.165, 1.54) is 12.8 Å².